The van der Waals surface area contributed by atoms with Gasteiger partial charge in [-0.25, -0.2) is 0 Å². The highest BCUT2D eigenvalue weighted by molar-refractivity contribution is 6.10. The molecule has 0 aliphatic heterocycles. The van der Waals surface area contributed by atoms with Crippen molar-refractivity contribution >= 4 is 5.78 Å². The van der Waals surface area contributed by atoms with E-state index >= 15 is 0 Å². The van der Waals surface area contributed by atoms with Crippen LogP contribution in [0.5, 0.6) is 5.75 Å². The number of carbonyl (C=O) groups is 1. The number of hydrogen-bond acceptors (Lipinski definition) is 3. The van der Waals surface area contributed by atoms with Crippen molar-refractivity contribution in [2.24, 2.45) is 5.73 Å². The van der Waals surface area contributed by atoms with E-state index in [9.17, 15) is 4.79 Å². The first kappa shape index (κ1) is 14.3. The number of rotatable bonds is 5. The smallest absolute Gasteiger partial charge is 0.196 e. The predicted octanol–water partition coefficient (Wildman–Crippen LogP) is 3.16. The lowest BCUT2D eigenvalue weighted by Gasteiger charge is -2.13. The van der Waals surface area contributed by atoms with Crippen molar-refractivity contribution in [3.8, 4) is 5.75 Å². The highest BCUT2D eigenvalue weighted by atomic mass is 16.5. The number of ketones is 1. The van der Waals surface area contributed by atoms with Crippen LogP contribution in [0.4, 0.5) is 0 Å². The van der Waals surface area contributed by atoms with Gasteiger partial charge in [-0.1, -0.05) is 36.4 Å². The Morgan fingerprint density at radius 1 is 1.10 bits per heavy atom. The van der Waals surface area contributed by atoms with Gasteiger partial charge in [0.25, 0.3) is 0 Å². The first-order chi connectivity index (χ1) is 9.61. The Hall–Kier alpha value is -2.13. The fraction of sp³-hybridized carbons (Fsp3) is 0.235. The lowest BCUT2D eigenvalue weighted by Crippen LogP contribution is -2.10. The summed E-state index contributed by atoms with van der Waals surface area (Å²) in [5.74, 6) is 0.584. The summed E-state index contributed by atoms with van der Waals surface area (Å²) in [6.45, 7) is 4.36. The van der Waals surface area contributed by atoms with E-state index in [4.69, 9.17) is 10.5 Å². The van der Waals surface area contributed by atoms with Gasteiger partial charge in [-0.2, -0.15) is 0 Å². The number of hydrogen-bond donors (Lipinski definition) is 1. The molecule has 0 fully saturated rings. The average Bonchev–Trinajstić information content (AvgIpc) is 2.46. The van der Waals surface area contributed by atoms with Crippen LogP contribution in [0.15, 0.2) is 48.5 Å². The Bertz CT molecular complexity index is 588. The molecule has 0 saturated heterocycles. The Labute approximate surface area is 119 Å². The Morgan fingerprint density at radius 3 is 2.35 bits per heavy atom. The van der Waals surface area contributed by atoms with E-state index in [1.54, 1.807) is 18.2 Å². The highest BCUT2D eigenvalue weighted by Crippen LogP contribution is 2.22. The van der Waals surface area contributed by atoms with Crippen molar-refractivity contribution in [1.82, 2.24) is 0 Å². The molecular formula is C17H19NO2. The van der Waals surface area contributed by atoms with Crippen molar-refractivity contribution in [2.45, 2.75) is 26.5 Å². The zero-order valence-electron chi connectivity index (χ0n) is 11.8. The van der Waals surface area contributed by atoms with Crippen LogP contribution < -0.4 is 10.5 Å². The largest absolute Gasteiger partial charge is 0.490 e. The van der Waals surface area contributed by atoms with Gasteiger partial charge in [0.15, 0.2) is 5.78 Å². The van der Waals surface area contributed by atoms with E-state index in [2.05, 4.69) is 0 Å². The third-order valence-electron chi connectivity index (χ3n) is 2.95. The molecule has 20 heavy (non-hydrogen) atoms. The Balaban J connectivity index is 2.32. The molecule has 3 heteroatoms. The lowest BCUT2D eigenvalue weighted by atomic mass is 10.0. The molecule has 0 unspecified atom stereocenters. The molecule has 0 amide bonds. The zero-order valence-corrected chi connectivity index (χ0v) is 11.8. The molecule has 0 saturated carbocycles. The maximum atomic E-state index is 12.5. The first-order valence-corrected chi connectivity index (χ1v) is 6.71. The van der Waals surface area contributed by atoms with Crippen LogP contribution in [-0.4, -0.2) is 11.9 Å². The van der Waals surface area contributed by atoms with Crippen LogP contribution >= 0.6 is 0 Å². The summed E-state index contributed by atoms with van der Waals surface area (Å²) in [6, 6.07) is 14.7. The van der Waals surface area contributed by atoms with Gasteiger partial charge in [0, 0.05) is 12.1 Å². The predicted molar refractivity (Wildman–Crippen MR) is 80.0 cm³/mol. The molecule has 0 atom stereocenters. The molecule has 3 nitrogen and oxygen atoms in total. The van der Waals surface area contributed by atoms with Crippen LogP contribution in [0.1, 0.15) is 35.3 Å². The zero-order chi connectivity index (χ0) is 14.5. The minimum atomic E-state index is -0.0372. The summed E-state index contributed by atoms with van der Waals surface area (Å²) < 4.78 is 5.69. The summed E-state index contributed by atoms with van der Waals surface area (Å²) in [5.41, 5.74) is 7.79. The average molecular weight is 269 g/mol. The molecule has 0 aliphatic rings. The summed E-state index contributed by atoms with van der Waals surface area (Å²) >= 11 is 0. The minimum Gasteiger partial charge on any atom is -0.490 e. The van der Waals surface area contributed by atoms with Crippen LogP contribution in [0, 0.1) is 0 Å². The fourth-order valence-electron chi connectivity index (χ4n) is 1.96. The van der Waals surface area contributed by atoms with Gasteiger partial charge in [0.1, 0.15) is 5.75 Å². The van der Waals surface area contributed by atoms with E-state index in [1.807, 2.05) is 44.2 Å². The summed E-state index contributed by atoms with van der Waals surface area (Å²) in [7, 11) is 0. The maximum absolute atomic E-state index is 12.5. The Kier molecular flexibility index (Phi) is 4.53. The second-order valence-corrected chi connectivity index (χ2v) is 4.89. The molecule has 0 bridgehead atoms. The SMILES string of the molecule is CC(C)Oc1ccccc1C(=O)c1ccc(CN)cc1. The van der Waals surface area contributed by atoms with Crippen molar-refractivity contribution in [1.29, 1.82) is 0 Å². The van der Waals surface area contributed by atoms with Gasteiger partial charge in [-0.05, 0) is 31.5 Å². The number of benzene rings is 2. The van der Waals surface area contributed by atoms with Crippen molar-refractivity contribution in [3.63, 3.8) is 0 Å². The number of para-hydroxylation sites is 1. The molecule has 104 valence electrons. The highest BCUT2D eigenvalue weighted by Gasteiger charge is 2.14. The quantitative estimate of drug-likeness (QED) is 0.848. The molecule has 2 aromatic carbocycles. The van der Waals surface area contributed by atoms with Gasteiger partial charge in [0.05, 0.1) is 11.7 Å². The van der Waals surface area contributed by atoms with E-state index in [1.165, 1.54) is 0 Å². The third-order valence-corrected chi connectivity index (χ3v) is 2.95. The van der Waals surface area contributed by atoms with Crippen LogP contribution in [0.2, 0.25) is 0 Å². The maximum Gasteiger partial charge on any atom is 0.196 e. The van der Waals surface area contributed by atoms with Crippen LogP contribution in [-0.2, 0) is 6.54 Å². The summed E-state index contributed by atoms with van der Waals surface area (Å²) in [6.07, 6.45) is 0.0311. The molecule has 0 aliphatic carbocycles. The van der Waals surface area contributed by atoms with E-state index < -0.39 is 0 Å². The van der Waals surface area contributed by atoms with Crippen LogP contribution in [0.3, 0.4) is 0 Å². The monoisotopic (exact) mass is 269 g/mol. The second-order valence-electron chi connectivity index (χ2n) is 4.89. The lowest BCUT2D eigenvalue weighted by molar-refractivity contribution is 0.103. The molecule has 0 heterocycles. The van der Waals surface area contributed by atoms with Crippen molar-refractivity contribution in [2.75, 3.05) is 0 Å². The molecule has 2 aromatic rings. The van der Waals surface area contributed by atoms with Gasteiger partial charge in [-0.15, -0.1) is 0 Å². The molecular weight excluding hydrogens is 250 g/mol. The van der Waals surface area contributed by atoms with Gasteiger partial charge in [0.2, 0.25) is 0 Å². The molecule has 0 radical (unpaired) electrons. The number of nitrogens with two attached hydrogens (primary N) is 1. The molecule has 2 N–H and O–H groups in total. The third kappa shape index (κ3) is 3.25. The standard InChI is InChI=1S/C17H19NO2/c1-12(2)20-16-6-4-3-5-15(16)17(19)14-9-7-13(11-18)8-10-14/h3-10,12H,11,18H2,1-2H3. The Morgan fingerprint density at radius 2 is 1.75 bits per heavy atom. The summed E-state index contributed by atoms with van der Waals surface area (Å²) in [4.78, 5) is 12.5. The molecule has 0 aromatic heterocycles. The van der Waals surface area contributed by atoms with Gasteiger partial charge < -0.3 is 10.5 Å². The van der Waals surface area contributed by atoms with Crippen molar-refractivity contribution < 1.29 is 9.53 Å². The van der Waals surface area contributed by atoms with E-state index in [0.717, 1.165) is 5.56 Å². The topological polar surface area (TPSA) is 52.3 Å². The van der Waals surface area contributed by atoms with Gasteiger partial charge >= 0.3 is 0 Å². The van der Waals surface area contributed by atoms with Crippen molar-refractivity contribution in [3.05, 3.63) is 65.2 Å². The minimum absolute atomic E-state index is 0.0311. The van der Waals surface area contributed by atoms with Crippen LogP contribution in [0.25, 0.3) is 0 Å². The van der Waals surface area contributed by atoms with E-state index in [0.29, 0.717) is 23.4 Å². The molecule has 2 rings (SSSR count). The second kappa shape index (κ2) is 6.35. The summed E-state index contributed by atoms with van der Waals surface area (Å²) in [5, 5.41) is 0. The fourth-order valence-corrected chi connectivity index (χ4v) is 1.96. The molecule has 0 spiro atoms. The number of carbonyl (C=O) groups excluding carboxylic acids is 1. The van der Waals surface area contributed by atoms with Gasteiger partial charge in [-0.3, -0.25) is 4.79 Å². The van der Waals surface area contributed by atoms with E-state index in [-0.39, 0.29) is 11.9 Å². The normalized spacial score (nSPS) is 10.6. The first-order valence-electron chi connectivity index (χ1n) is 6.71. The number of ether oxygens (including phenoxy) is 1.